The molecule has 2 aromatic carbocycles. The third-order valence-corrected chi connectivity index (χ3v) is 4.04. The number of benzene rings is 2. The maximum Gasteiger partial charge on any atom is 0.277 e. The Balaban J connectivity index is 1.55. The van der Waals surface area contributed by atoms with Crippen LogP contribution in [0.4, 0.5) is 5.69 Å². The fourth-order valence-corrected chi connectivity index (χ4v) is 2.74. The van der Waals surface area contributed by atoms with Crippen molar-refractivity contribution in [3.8, 4) is 5.69 Å². The Morgan fingerprint density at radius 1 is 1.08 bits per heavy atom. The minimum absolute atomic E-state index is 0.269. The van der Waals surface area contributed by atoms with Gasteiger partial charge in [0, 0.05) is 22.3 Å². The maximum absolute atomic E-state index is 12.4. The van der Waals surface area contributed by atoms with Crippen LogP contribution in [0, 0.1) is 13.8 Å². The number of H-pyrrole nitrogens is 1. The molecule has 6 nitrogen and oxygen atoms in total. The number of rotatable bonds is 3. The van der Waals surface area contributed by atoms with Crippen LogP contribution in [-0.2, 0) is 0 Å². The fraction of sp³-hybridized carbons (Fsp3) is 0.105. The monoisotopic (exact) mass is 331 g/mol. The summed E-state index contributed by atoms with van der Waals surface area (Å²) in [6.07, 6.45) is 1.62. The van der Waals surface area contributed by atoms with Gasteiger partial charge in [-0.1, -0.05) is 22.9 Å². The number of amides is 1. The topological polar surface area (TPSA) is 75.6 Å². The van der Waals surface area contributed by atoms with E-state index in [-0.39, 0.29) is 11.6 Å². The highest BCUT2D eigenvalue weighted by Gasteiger charge is 2.12. The predicted octanol–water partition coefficient (Wildman–Crippen LogP) is 3.62. The van der Waals surface area contributed by atoms with Crippen LogP contribution in [0.3, 0.4) is 0 Å². The van der Waals surface area contributed by atoms with E-state index in [9.17, 15) is 4.79 Å². The molecule has 25 heavy (non-hydrogen) atoms. The molecule has 4 rings (SSSR count). The lowest BCUT2D eigenvalue weighted by atomic mass is 10.2. The van der Waals surface area contributed by atoms with Crippen LogP contribution in [0.25, 0.3) is 16.6 Å². The highest BCUT2D eigenvalue weighted by Crippen LogP contribution is 2.20. The molecule has 124 valence electrons. The van der Waals surface area contributed by atoms with E-state index in [0.29, 0.717) is 0 Å². The van der Waals surface area contributed by atoms with Crippen LogP contribution in [0.5, 0.6) is 0 Å². The smallest absolute Gasteiger partial charge is 0.277 e. The third-order valence-electron chi connectivity index (χ3n) is 4.04. The highest BCUT2D eigenvalue weighted by molar-refractivity contribution is 6.03. The number of nitrogens with one attached hydrogen (secondary N) is 2. The summed E-state index contributed by atoms with van der Waals surface area (Å²) in [4.78, 5) is 15.7. The first-order valence-corrected chi connectivity index (χ1v) is 7.98. The zero-order valence-corrected chi connectivity index (χ0v) is 13.9. The SMILES string of the molecule is Cc1ccc(-n2cc(C(=O)Nc3ccc4[nH]c(C)cc4c3)nn2)cc1. The van der Waals surface area contributed by atoms with Gasteiger partial charge in [0.05, 0.1) is 11.9 Å². The van der Waals surface area contributed by atoms with Crippen LogP contribution in [0.15, 0.2) is 54.7 Å². The van der Waals surface area contributed by atoms with Gasteiger partial charge in [0.25, 0.3) is 5.91 Å². The van der Waals surface area contributed by atoms with E-state index in [1.54, 1.807) is 10.9 Å². The Morgan fingerprint density at radius 2 is 1.88 bits per heavy atom. The van der Waals surface area contributed by atoms with E-state index in [4.69, 9.17) is 0 Å². The van der Waals surface area contributed by atoms with Gasteiger partial charge in [-0.2, -0.15) is 0 Å². The number of aromatic nitrogens is 4. The number of nitrogens with zero attached hydrogens (tertiary/aromatic N) is 3. The third kappa shape index (κ3) is 3.01. The summed E-state index contributed by atoms with van der Waals surface area (Å²) >= 11 is 0. The van der Waals surface area contributed by atoms with E-state index in [1.807, 2.05) is 62.4 Å². The molecule has 0 atom stereocenters. The van der Waals surface area contributed by atoms with Crippen LogP contribution in [0.2, 0.25) is 0 Å². The lowest BCUT2D eigenvalue weighted by Gasteiger charge is -2.03. The van der Waals surface area contributed by atoms with Crippen LogP contribution in [0.1, 0.15) is 21.7 Å². The first-order valence-electron chi connectivity index (χ1n) is 7.98. The van der Waals surface area contributed by atoms with Crippen molar-refractivity contribution in [2.75, 3.05) is 5.32 Å². The summed E-state index contributed by atoms with van der Waals surface area (Å²) in [5.74, 6) is -0.287. The van der Waals surface area contributed by atoms with Gasteiger partial charge in [0.1, 0.15) is 0 Å². The molecule has 2 N–H and O–H groups in total. The van der Waals surface area contributed by atoms with Gasteiger partial charge in [-0.25, -0.2) is 4.68 Å². The molecule has 0 aliphatic carbocycles. The van der Waals surface area contributed by atoms with Gasteiger partial charge in [0.15, 0.2) is 5.69 Å². The molecule has 0 fully saturated rings. The molecule has 0 saturated carbocycles. The van der Waals surface area contributed by atoms with Gasteiger partial charge in [-0.05, 0) is 50.2 Å². The van der Waals surface area contributed by atoms with Crippen LogP contribution < -0.4 is 5.32 Å². The minimum atomic E-state index is -0.287. The number of carbonyl (C=O) groups excluding carboxylic acids is 1. The predicted molar refractivity (Wildman–Crippen MR) is 97.1 cm³/mol. The molecule has 0 unspecified atom stereocenters. The second kappa shape index (κ2) is 5.90. The molecule has 0 bridgehead atoms. The molecule has 0 aliphatic heterocycles. The number of aryl methyl sites for hydroxylation is 2. The number of aromatic amines is 1. The fourth-order valence-electron chi connectivity index (χ4n) is 2.74. The van der Waals surface area contributed by atoms with Crippen molar-refractivity contribution in [2.24, 2.45) is 0 Å². The van der Waals surface area contributed by atoms with E-state index in [2.05, 4.69) is 20.6 Å². The first kappa shape index (κ1) is 15.1. The minimum Gasteiger partial charge on any atom is -0.359 e. The number of hydrogen-bond acceptors (Lipinski definition) is 3. The summed E-state index contributed by atoms with van der Waals surface area (Å²) in [7, 11) is 0. The standard InChI is InChI=1S/C19H17N5O/c1-12-3-6-16(7-4-12)24-11-18(22-23-24)19(25)21-15-5-8-17-14(10-15)9-13(2)20-17/h3-11,20H,1-2H3,(H,21,25). The lowest BCUT2D eigenvalue weighted by Crippen LogP contribution is -2.12. The van der Waals surface area contributed by atoms with E-state index < -0.39 is 0 Å². The van der Waals surface area contributed by atoms with Crippen molar-refractivity contribution in [1.82, 2.24) is 20.0 Å². The van der Waals surface area contributed by atoms with E-state index in [1.165, 1.54) is 0 Å². The quantitative estimate of drug-likeness (QED) is 0.602. The molecular formula is C19H17N5O. The molecule has 0 aliphatic rings. The maximum atomic E-state index is 12.4. The van der Waals surface area contributed by atoms with Gasteiger partial charge in [-0.3, -0.25) is 4.79 Å². The van der Waals surface area contributed by atoms with E-state index >= 15 is 0 Å². The molecule has 2 aromatic heterocycles. The molecule has 4 aromatic rings. The Labute approximate surface area is 144 Å². The van der Waals surface area contributed by atoms with Crippen molar-refractivity contribution in [3.05, 3.63) is 71.7 Å². The summed E-state index contributed by atoms with van der Waals surface area (Å²) in [5.41, 5.74) is 5.14. The van der Waals surface area contributed by atoms with Crippen LogP contribution in [-0.4, -0.2) is 25.9 Å². The Hall–Kier alpha value is -3.41. The van der Waals surface area contributed by atoms with Crippen molar-refractivity contribution >= 4 is 22.5 Å². The van der Waals surface area contributed by atoms with Crippen LogP contribution >= 0.6 is 0 Å². The molecule has 0 spiro atoms. The normalized spacial score (nSPS) is 11.0. The van der Waals surface area contributed by atoms with Crippen molar-refractivity contribution < 1.29 is 4.79 Å². The largest absolute Gasteiger partial charge is 0.359 e. The summed E-state index contributed by atoms with van der Waals surface area (Å²) < 4.78 is 1.59. The molecule has 6 heteroatoms. The average Bonchev–Trinajstić information content (AvgIpc) is 3.21. The Morgan fingerprint density at radius 3 is 2.68 bits per heavy atom. The molecular weight excluding hydrogens is 314 g/mol. The Bertz CT molecular complexity index is 1060. The second-order valence-electron chi connectivity index (χ2n) is 6.09. The van der Waals surface area contributed by atoms with Gasteiger partial charge < -0.3 is 10.3 Å². The second-order valence-corrected chi connectivity index (χ2v) is 6.09. The van der Waals surface area contributed by atoms with Crippen molar-refractivity contribution in [3.63, 3.8) is 0 Å². The summed E-state index contributed by atoms with van der Waals surface area (Å²) in [6, 6.07) is 15.6. The Kier molecular flexibility index (Phi) is 3.57. The molecule has 2 heterocycles. The number of anilines is 1. The van der Waals surface area contributed by atoms with Gasteiger partial charge in [0.2, 0.25) is 0 Å². The lowest BCUT2D eigenvalue weighted by molar-refractivity contribution is 0.102. The zero-order chi connectivity index (χ0) is 17.4. The molecule has 1 amide bonds. The zero-order valence-electron chi connectivity index (χ0n) is 13.9. The van der Waals surface area contributed by atoms with Crippen molar-refractivity contribution in [1.29, 1.82) is 0 Å². The summed E-state index contributed by atoms with van der Waals surface area (Å²) in [5, 5.41) is 11.9. The molecule has 0 saturated heterocycles. The highest BCUT2D eigenvalue weighted by atomic mass is 16.2. The van der Waals surface area contributed by atoms with Gasteiger partial charge >= 0.3 is 0 Å². The number of hydrogen-bond donors (Lipinski definition) is 2. The average molecular weight is 331 g/mol. The number of carbonyl (C=O) groups is 1. The first-order chi connectivity index (χ1) is 12.1. The van der Waals surface area contributed by atoms with E-state index in [0.717, 1.165) is 33.5 Å². The number of fused-ring (bicyclic) bond motifs is 1. The molecule has 0 radical (unpaired) electrons. The summed E-state index contributed by atoms with van der Waals surface area (Å²) in [6.45, 7) is 4.02. The van der Waals surface area contributed by atoms with Crippen molar-refractivity contribution in [2.45, 2.75) is 13.8 Å². The van der Waals surface area contributed by atoms with Gasteiger partial charge in [-0.15, -0.1) is 5.10 Å².